The largest absolute Gasteiger partial charge is 0.480 e. The van der Waals surface area contributed by atoms with E-state index < -0.39 is 12.0 Å². The molecule has 0 unspecified atom stereocenters. The zero-order valence-corrected chi connectivity index (χ0v) is 18.7. The van der Waals surface area contributed by atoms with E-state index in [1.165, 1.54) is 6.92 Å². The van der Waals surface area contributed by atoms with Gasteiger partial charge in [0.15, 0.2) is 0 Å². The van der Waals surface area contributed by atoms with Gasteiger partial charge < -0.3 is 15.7 Å². The lowest BCUT2D eigenvalue weighted by Gasteiger charge is -2.14. The molecule has 5 nitrogen and oxygen atoms in total. The van der Waals surface area contributed by atoms with Crippen molar-refractivity contribution in [3.63, 3.8) is 0 Å². The maximum Gasteiger partial charge on any atom is 0.325 e. The van der Waals surface area contributed by atoms with E-state index in [9.17, 15) is 9.59 Å². The average Bonchev–Trinajstić information content (AvgIpc) is 2.68. The zero-order valence-electron chi connectivity index (χ0n) is 18.7. The number of hydrogen-bond donors (Lipinski definition) is 3. The van der Waals surface area contributed by atoms with Gasteiger partial charge in [-0.25, -0.2) is 0 Å². The summed E-state index contributed by atoms with van der Waals surface area (Å²) in [6, 6.07) is 12.1. The molecule has 0 bridgehead atoms. The van der Waals surface area contributed by atoms with Crippen LogP contribution in [0.4, 0.5) is 5.69 Å². The van der Waals surface area contributed by atoms with E-state index in [-0.39, 0.29) is 5.91 Å². The van der Waals surface area contributed by atoms with Crippen LogP contribution in [0.15, 0.2) is 42.0 Å². The Balaban J connectivity index is 2.31. The Labute approximate surface area is 179 Å². The number of anilines is 1. The number of carbonyl (C=O) groups excluding carboxylic acids is 1. The molecule has 2 rings (SSSR count). The third-order valence-electron chi connectivity index (χ3n) is 4.98. The Morgan fingerprint density at radius 3 is 2.20 bits per heavy atom. The summed E-state index contributed by atoms with van der Waals surface area (Å²) in [5, 5.41) is 14.9. The molecule has 0 fully saturated rings. The first-order chi connectivity index (χ1) is 14.1. The van der Waals surface area contributed by atoms with Crippen LogP contribution in [-0.4, -0.2) is 29.1 Å². The van der Waals surface area contributed by atoms with Crippen molar-refractivity contribution in [1.82, 2.24) is 5.32 Å². The van der Waals surface area contributed by atoms with E-state index >= 15 is 0 Å². The maximum absolute atomic E-state index is 12.4. The topological polar surface area (TPSA) is 78.4 Å². The van der Waals surface area contributed by atoms with Gasteiger partial charge in [0.25, 0.3) is 0 Å². The van der Waals surface area contributed by atoms with Gasteiger partial charge in [-0.2, -0.15) is 0 Å². The van der Waals surface area contributed by atoms with E-state index in [2.05, 4.69) is 67.8 Å². The van der Waals surface area contributed by atoms with E-state index in [1.807, 2.05) is 19.9 Å². The first-order valence-corrected chi connectivity index (χ1v) is 10.3. The molecule has 0 heterocycles. The number of hydrogen-bond acceptors (Lipinski definition) is 3. The summed E-state index contributed by atoms with van der Waals surface area (Å²) in [5.41, 5.74) is 7.09. The second-order valence-electron chi connectivity index (χ2n) is 7.96. The maximum atomic E-state index is 12.4. The molecule has 2 aromatic rings. The lowest BCUT2D eigenvalue weighted by Crippen LogP contribution is -2.39. The van der Waals surface area contributed by atoms with Gasteiger partial charge in [-0.05, 0) is 87.1 Å². The molecule has 0 radical (unpaired) electrons. The highest BCUT2D eigenvalue weighted by atomic mass is 16.4. The predicted octanol–water partition coefficient (Wildman–Crippen LogP) is 5.17. The minimum Gasteiger partial charge on any atom is -0.480 e. The van der Waals surface area contributed by atoms with Crippen LogP contribution in [0.3, 0.4) is 0 Å². The van der Waals surface area contributed by atoms with Gasteiger partial charge in [-0.1, -0.05) is 31.2 Å². The van der Waals surface area contributed by atoms with Crippen LogP contribution < -0.4 is 10.6 Å². The number of aryl methyl sites for hydroxylation is 2. The number of carbonyl (C=O) groups is 2. The highest BCUT2D eigenvalue weighted by Crippen LogP contribution is 2.29. The SMILES string of the molecule is CCC(=Cc1cc(C)c(-c2ccc(NC(C)C)cc2)cc1C)C(=O)N[C@H](C)C(=O)O. The molecule has 3 N–H and O–H groups in total. The van der Waals surface area contributed by atoms with Crippen LogP contribution >= 0.6 is 0 Å². The Bertz CT molecular complexity index is 944. The van der Waals surface area contributed by atoms with Gasteiger partial charge >= 0.3 is 5.97 Å². The Morgan fingerprint density at radius 2 is 1.67 bits per heavy atom. The van der Waals surface area contributed by atoms with Crippen molar-refractivity contribution in [2.24, 2.45) is 0 Å². The van der Waals surface area contributed by atoms with Crippen LogP contribution in [0.5, 0.6) is 0 Å². The first kappa shape index (κ1) is 23.2. The predicted molar refractivity (Wildman–Crippen MR) is 124 cm³/mol. The molecule has 1 atom stereocenters. The molecule has 0 saturated heterocycles. The lowest BCUT2D eigenvalue weighted by molar-refractivity contribution is -0.140. The van der Waals surface area contributed by atoms with E-state index in [0.717, 1.165) is 33.5 Å². The van der Waals surface area contributed by atoms with Crippen LogP contribution in [-0.2, 0) is 9.59 Å². The van der Waals surface area contributed by atoms with Gasteiger partial charge in [0.1, 0.15) is 6.04 Å². The minimum absolute atomic E-state index is 0.346. The molecule has 5 heteroatoms. The minimum atomic E-state index is -1.05. The van der Waals surface area contributed by atoms with E-state index in [1.54, 1.807) is 0 Å². The van der Waals surface area contributed by atoms with Crippen LogP contribution in [0.2, 0.25) is 0 Å². The van der Waals surface area contributed by atoms with Gasteiger partial charge in [0.05, 0.1) is 0 Å². The Kier molecular flexibility index (Phi) is 7.81. The summed E-state index contributed by atoms with van der Waals surface area (Å²) in [6.07, 6.45) is 2.37. The van der Waals surface area contributed by atoms with Gasteiger partial charge in [-0.3, -0.25) is 9.59 Å². The lowest BCUT2D eigenvalue weighted by atomic mass is 9.93. The van der Waals surface area contributed by atoms with Crippen molar-refractivity contribution < 1.29 is 14.7 Å². The number of benzene rings is 2. The number of nitrogens with one attached hydrogen (secondary N) is 2. The smallest absolute Gasteiger partial charge is 0.325 e. The summed E-state index contributed by atoms with van der Waals surface area (Å²) in [4.78, 5) is 23.4. The summed E-state index contributed by atoms with van der Waals surface area (Å²) in [6.45, 7) is 11.7. The molecule has 0 aromatic heterocycles. The normalized spacial score (nSPS) is 12.6. The van der Waals surface area contributed by atoms with Crippen LogP contribution in [0.25, 0.3) is 17.2 Å². The molecule has 160 valence electrons. The van der Waals surface area contributed by atoms with Crippen LogP contribution in [0, 0.1) is 13.8 Å². The third-order valence-corrected chi connectivity index (χ3v) is 4.98. The molecule has 0 aliphatic heterocycles. The third kappa shape index (κ3) is 5.96. The van der Waals surface area contributed by atoms with Gasteiger partial charge in [0.2, 0.25) is 5.91 Å². The number of rotatable bonds is 8. The molecule has 0 spiro atoms. The number of aliphatic carboxylic acids is 1. The summed E-state index contributed by atoms with van der Waals surface area (Å²) < 4.78 is 0. The fourth-order valence-corrected chi connectivity index (χ4v) is 3.25. The van der Waals surface area contributed by atoms with E-state index in [4.69, 9.17) is 5.11 Å². The fraction of sp³-hybridized carbons (Fsp3) is 0.360. The Morgan fingerprint density at radius 1 is 1.03 bits per heavy atom. The van der Waals surface area contributed by atoms with Crippen molar-refractivity contribution >= 4 is 23.6 Å². The highest BCUT2D eigenvalue weighted by Gasteiger charge is 2.16. The quantitative estimate of drug-likeness (QED) is 0.526. The average molecular weight is 409 g/mol. The number of carboxylic acid groups (broad SMARTS) is 1. The zero-order chi connectivity index (χ0) is 22.4. The monoisotopic (exact) mass is 408 g/mol. The molecule has 0 aliphatic rings. The summed E-state index contributed by atoms with van der Waals surface area (Å²) >= 11 is 0. The van der Waals surface area contributed by atoms with Crippen molar-refractivity contribution in [3.05, 3.63) is 58.7 Å². The second kappa shape index (κ2) is 10.1. The Hall–Kier alpha value is -3.08. The molecular weight excluding hydrogens is 376 g/mol. The van der Waals surface area contributed by atoms with Crippen molar-refractivity contribution in [2.45, 2.75) is 60.0 Å². The molecule has 0 saturated carbocycles. The highest BCUT2D eigenvalue weighted by molar-refractivity contribution is 5.99. The van der Waals surface area contributed by atoms with Crippen molar-refractivity contribution in [1.29, 1.82) is 0 Å². The standard InChI is InChI=1S/C25H32N2O3/c1-7-19(24(28)27-18(6)25(29)30)14-21-12-17(5)23(13-16(21)4)20-8-10-22(11-9-20)26-15(2)3/h8-15,18,26H,7H2,1-6H3,(H,27,28)(H,29,30)/t18-/m1/s1. The summed E-state index contributed by atoms with van der Waals surface area (Å²) in [5.74, 6) is -1.40. The van der Waals surface area contributed by atoms with Crippen LogP contribution in [0.1, 0.15) is 50.8 Å². The van der Waals surface area contributed by atoms with Gasteiger partial charge in [0, 0.05) is 17.3 Å². The molecular formula is C25H32N2O3. The number of amides is 1. The second-order valence-corrected chi connectivity index (χ2v) is 7.96. The van der Waals surface area contributed by atoms with Crippen molar-refractivity contribution in [2.75, 3.05) is 5.32 Å². The first-order valence-electron chi connectivity index (χ1n) is 10.3. The number of carboxylic acids is 1. The molecule has 30 heavy (non-hydrogen) atoms. The molecule has 1 amide bonds. The van der Waals surface area contributed by atoms with Gasteiger partial charge in [-0.15, -0.1) is 0 Å². The fourth-order valence-electron chi connectivity index (χ4n) is 3.25. The van der Waals surface area contributed by atoms with Crippen molar-refractivity contribution in [3.8, 4) is 11.1 Å². The van der Waals surface area contributed by atoms with E-state index in [0.29, 0.717) is 18.0 Å². The molecule has 2 aromatic carbocycles. The summed E-state index contributed by atoms with van der Waals surface area (Å²) in [7, 11) is 0. The molecule has 0 aliphatic carbocycles.